The van der Waals surface area contributed by atoms with E-state index < -0.39 is 10.0 Å². The van der Waals surface area contributed by atoms with Gasteiger partial charge >= 0.3 is 0 Å². The van der Waals surface area contributed by atoms with Gasteiger partial charge in [0.1, 0.15) is 22.0 Å². The monoisotopic (exact) mass is 556 g/mol. The number of carbonyl (C=O) groups excluding carboxylic acids is 1. The number of rotatable bonds is 17. The number of hydrogen-bond acceptors (Lipinski definition) is 6. The fraction of sp³-hybridized carbons (Fsp3) is 0.516. The van der Waals surface area contributed by atoms with Crippen molar-refractivity contribution >= 4 is 26.8 Å². The molecule has 0 spiro atoms. The van der Waals surface area contributed by atoms with Crippen molar-refractivity contribution in [3.8, 4) is 5.75 Å². The van der Waals surface area contributed by atoms with Crippen molar-refractivity contribution in [1.29, 1.82) is 0 Å². The Kier molecular flexibility index (Phi) is 11.6. The van der Waals surface area contributed by atoms with Gasteiger partial charge in [-0.05, 0) is 68.8 Å². The van der Waals surface area contributed by atoms with Crippen LogP contribution in [0.2, 0.25) is 0 Å². The number of sulfonamides is 1. The number of carbonyl (C=O) groups is 1. The van der Waals surface area contributed by atoms with Crippen LogP contribution in [0.1, 0.15) is 81.8 Å². The van der Waals surface area contributed by atoms with Gasteiger partial charge in [0, 0.05) is 30.5 Å². The maximum absolute atomic E-state index is 13.6. The van der Waals surface area contributed by atoms with Crippen LogP contribution in [0.3, 0.4) is 0 Å². The number of fused-ring (bicyclic) bond motifs is 1. The summed E-state index contributed by atoms with van der Waals surface area (Å²) in [5.74, 6) is 0.687. The first-order valence-electron chi connectivity index (χ1n) is 14.1. The first-order valence-corrected chi connectivity index (χ1v) is 15.6. The zero-order chi connectivity index (χ0) is 28.4. The normalized spacial score (nSPS) is 12.2. The lowest BCUT2D eigenvalue weighted by Gasteiger charge is -2.21. The maximum atomic E-state index is 13.6. The minimum absolute atomic E-state index is 0.130. The molecule has 0 aliphatic rings. The van der Waals surface area contributed by atoms with E-state index >= 15 is 0 Å². The van der Waals surface area contributed by atoms with E-state index in [1.165, 1.54) is 32.7 Å². The third kappa shape index (κ3) is 8.16. The number of Topliss-reactive ketones (excluding diaryl/α,β-unsaturated/α-hetero) is 1. The van der Waals surface area contributed by atoms with E-state index in [9.17, 15) is 13.2 Å². The molecule has 0 fully saturated rings. The number of para-hydroxylation sites is 1. The van der Waals surface area contributed by atoms with Gasteiger partial charge in [-0.2, -0.15) is 4.31 Å². The van der Waals surface area contributed by atoms with Crippen LogP contribution in [0.4, 0.5) is 0 Å². The van der Waals surface area contributed by atoms with E-state index in [2.05, 4.69) is 18.7 Å². The fourth-order valence-electron chi connectivity index (χ4n) is 4.54. The highest BCUT2D eigenvalue weighted by Crippen LogP contribution is 2.35. The van der Waals surface area contributed by atoms with E-state index in [0.29, 0.717) is 34.6 Å². The second-order valence-electron chi connectivity index (χ2n) is 10.4. The standard InChI is InChI=1S/C31H44N2O5S/c1-6-8-19-33(20-9-7-2)21-12-22-37-26-17-15-25(16-18-26)28(34)23-32(5)39(35,36)31-27-13-10-11-14-29(27)38-30(31)24(3)4/h10-11,13-18,24H,6-9,12,19-23H2,1-5H3. The van der Waals surface area contributed by atoms with Crippen molar-refractivity contribution < 1.29 is 22.4 Å². The predicted octanol–water partition coefficient (Wildman–Crippen LogP) is 6.73. The molecule has 0 aliphatic carbocycles. The van der Waals surface area contributed by atoms with E-state index in [-0.39, 0.29) is 23.1 Å². The van der Waals surface area contributed by atoms with E-state index in [0.717, 1.165) is 30.4 Å². The summed E-state index contributed by atoms with van der Waals surface area (Å²) in [6.07, 6.45) is 5.77. The Bertz CT molecular complexity index is 1290. The van der Waals surface area contributed by atoms with Crippen LogP contribution in [-0.4, -0.2) is 63.2 Å². The highest BCUT2D eigenvalue weighted by Gasteiger charge is 2.32. The summed E-state index contributed by atoms with van der Waals surface area (Å²) >= 11 is 0. The lowest BCUT2D eigenvalue weighted by Crippen LogP contribution is -2.32. The lowest BCUT2D eigenvalue weighted by atomic mass is 10.1. The van der Waals surface area contributed by atoms with Crippen LogP contribution in [0.25, 0.3) is 11.0 Å². The molecule has 8 heteroatoms. The van der Waals surface area contributed by atoms with Crippen molar-refractivity contribution in [1.82, 2.24) is 9.21 Å². The van der Waals surface area contributed by atoms with Crippen LogP contribution >= 0.6 is 0 Å². The summed E-state index contributed by atoms with van der Waals surface area (Å²) in [4.78, 5) is 15.6. The molecule has 3 aromatic rings. The number of likely N-dealkylation sites (N-methyl/N-ethyl adjacent to an activating group) is 1. The predicted molar refractivity (Wildman–Crippen MR) is 157 cm³/mol. The van der Waals surface area contributed by atoms with Gasteiger partial charge in [-0.3, -0.25) is 4.79 Å². The van der Waals surface area contributed by atoms with E-state index in [1.54, 1.807) is 42.5 Å². The average Bonchev–Trinajstić information content (AvgIpc) is 3.33. The molecule has 1 heterocycles. The van der Waals surface area contributed by atoms with Gasteiger partial charge in [0.15, 0.2) is 5.78 Å². The molecule has 3 rings (SSSR count). The second-order valence-corrected chi connectivity index (χ2v) is 12.4. The zero-order valence-corrected chi connectivity index (χ0v) is 24.9. The molecule has 2 aromatic carbocycles. The Hall–Kier alpha value is -2.68. The summed E-state index contributed by atoms with van der Waals surface area (Å²) < 4.78 is 40.0. The molecule has 0 unspecified atom stereocenters. The molecule has 1 aromatic heterocycles. The Morgan fingerprint density at radius 1 is 0.923 bits per heavy atom. The summed E-state index contributed by atoms with van der Waals surface area (Å²) in [7, 11) is -2.52. The molecule has 214 valence electrons. The Morgan fingerprint density at radius 3 is 2.15 bits per heavy atom. The minimum atomic E-state index is -3.95. The molecule has 7 nitrogen and oxygen atoms in total. The van der Waals surface area contributed by atoms with E-state index in [1.807, 2.05) is 19.9 Å². The number of ketones is 1. The smallest absolute Gasteiger partial charge is 0.247 e. The van der Waals surface area contributed by atoms with Gasteiger partial charge in [0.05, 0.1) is 13.2 Å². The molecule has 0 amide bonds. The highest BCUT2D eigenvalue weighted by molar-refractivity contribution is 7.89. The lowest BCUT2D eigenvalue weighted by molar-refractivity contribution is 0.0972. The van der Waals surface area contributed by atoms with Gasteiger partial charge in [-0.15, -0.1) is 0 Å². The summed E-state index contributed by atoms with van der Waals surface area (Å²) in [5.41, 5.74) is 0.959. The quantitative estimate of drug-likeness (QED) is 0.135. The molecule has 0 N–H and O–H groups in total. The van der Waals surface area contributed by atoms with Crippen molar-refractivity contribution in [2.24, 2.45) is 0 Å². The number of ether oxygens (including phenoxy) is 1. The molecule has 0 bridgehead atoms. The third-order valence-corrected chi connectivity index (χ3v) is 8.74. The summed E-state index contributed by atoms with van der Waals surface area (Å²) in [5, 5.41) is 0.529. The molecule has 0 saturated carbocycles. The van der Waals surface area contributed by atoms with Crippen LogP contribution in [0, 0.1) is 0 Å². The van der Waals surface area contributed by atoms with Gasteiger partial charge in [-0.25, -0.2) is 8.42 Å². The summed E-state index contributed by atoms with van der Waals surface area (Å²) in [6.45, 7) is 11.8. The number of nitrogens with zero attached hydrogens (tertiary/aromatic N) is 2. The molecule has 0 aliphatic heterocycles. The summed E-state index contributed by atoms with van der Waals surface area (Å²) in [6, 6.07) is 14.0. The molecular weight excluding hydrogens is 512 g/mol. The number of hydrogen-bond donors (Lipinski definition) is 0. The van der Waals surface area contributed by atoms with Crippen LogP contribution in [-0.2, 0) is 10.0 Å². The molecule has 39 heavy (non-hydrogen) atoms. The van der Waals surface area contributed by atoms with Crippen molar-refractivity contribution in [2.45, 2.75) is 70.6 Å². The Morgan fingerprint density at radius 2 is 1.54 bits per heavy atom. The second kappa shape index (κ2) is 14.6. The molecule has 0 radical (unpaired) electrons. The number of unbranched alkanes of at least 4 members (excludes halogenated alkanes) is 2. The first-order chi connectivity index (χ1) is 18.7. The topological polar surface area (TPSA) is 80.1 Å². The first kappa shape index (κ1) is 30.9. The van der Waals surface area contributed by atoms with Gasteiger partial charge in [0.25, 0.3) is 0 Å². The van der Waals surface area contributed by atoms with Crippen LogP contribution < -0.4 is 4.74 Å². The highest BCUT2D eigenvalue weighted by atomic mass is 32.2. The molecule has 0 atom stereocenters. The largest absolute Gasteiger partial charge is 0.494 e. The van der Waals surface area contributed by atoms with Gasteiger partial charge in [0.2, 0.25) is 10.0 Å². The van der Waals surface area contributed by atoms with Crippen LogP contribution in [0.15, 0.2) is 57.8 Å². The van der Waals surface area contributed by atoms with Gasteiger partial charge < -0.3 is 14.1 Å². The maximum Gasteiger partial charge on any atom is 0.247 e. The molecule has 0 saturated heterocycles. The van der Waals surface area contributed by atoms with Crippen molar-refractivity contribution in [3.05, 3.63) is 59.9 Å². The van der Waals surface area contributed by atoms with Crippen LogP contribution in [0.5, 0.6) is 5.75 Å². The average molecular weight is 557 g/mol. The zero-order valence-electron chi connectivity index (χ0n) is 24.1. The molecular formula is C31H44N2O5S. The third-order valence-electron chi connectivity index (χ3n) is 6.85. The fourth-order valence-corrected chi connectivity index (χ4v) is 6.11. The van der Waals surface area contributed by atoms with Crippen molar-refractivity contribution in [2.75, 3.05) is 39.8 Å². The number of furan rings is 1. The Labute approximate surface area is 234 Å². The van der Waals surface area contributed by atoms with Crippen molar-refractivity contribution in [3.63, 3.8) is 0 Å². The minimum Gasteiger partial charge on any atom is -0.494 e. The number of benzene rings is 2. The van der Waals surface area contributed by atoms with Gasteiger partial charge in [-0.1, -0.05) is 52.7 Å². The van der Waals surface area contributed by atoms with E-state index in [4.69, 9.17) is 9.15 Å². The SMILES string of the molecule is CCCCN(CCCC)CCCOc1ccc(C(=O)CN(C)S(=O)(=O)c2c(C(C)C)oc3ccccc23)cc1. The Balaban J connectivity index is 1.59.